The number of amides is 1. The van der Waals surface area contributed by atoms with Crippen molar-refractivity contribution >= 4 is 11.6 Å². The van der Waals surface area contributed by atoms with E-state index in [0.29, 0.717) is 29.7 Å². The molecule has 1 N–H and O–H groups in total. The molecular weight excluding hydrogens is 330 g/mol. The Morgan fingerprint density at radius 3 is 2.27 bits per heavy atom. The van der Waals surface area contributed by atoms with Crippen molar-refractivity contribution in [2.75, 3.05) is 19.0 Å². The molecule has 140 valence electrons. The van der Waals surface area contributed by atoms with Gasteiger partial charge in [-0.2, -0.15) is 0 Å². The van der Waals surface area contributed by atoms with Crippen LogP contribution in [0.3, 0.4) is 0 Å². The van der Waals surface area contributed by atoms with Crippen LogP contribution in [0.5, 0.6) is 17.2 Å². The summed E-state index contributed by atoms with van der Waals surface area (Å²) >= 11 is 0. The Balaban J connectivity index is 1.88. The Labute approximate surface area is 155 Å². The molecule has 0 heterocycles. The van der Waals surface area contributed by atoms with Gasteiger partial charge in [-0.1, -0.05) is 26.0 Å². The lowest BCUT2D eigenvalue weighted by molar-refractivity contribution is -0.122. The van der Waals surface area contributed by atoms with Gasteiger partial charge >= 0.3 is 0 Å². The fraction of sp³-hybridized carbons (Fsp3) is 0.381. The van der Waals surface area contributed by atoms with Gasteiger partial charge in [0.15, 0.2) is 17.6 Å². The number of nitrogens with one attached hydrogen (secondary N) is 1. The fourth-order valence-electron chi connectivity index (χ4n) is 2.25. The van der Waals surface area contributed by atoms with Gasteiger partial charge in [0, 0.05) is 5.69 Å². The molecule has 2 rings (SSSR count). The molecule has 1 unspecified atom stereocenters. The summed E-state index contributed by atoms with van der Waals surface area (Å²) in [4.78, 5) is 12.3. The second-order valence-electron chi connectivity index (χ2n) is 6.46. The summed E-state index contributed by atoms with van der Waals surface area (Å²) in [6.45, 7) is 6.71. The Morgan fingerprint density at radius 1 is 1.00 bits per heavy atom. The number of carbonyl (C=O) groups excluding carboxylic acids is 1. The van der Waals surface area contributed by atoms with Gasteiger partial charge < -0.3 is 19.5 Å². The van der Waals surface area contributed by atoms with Gasteiger partial charge in [0.1, 0.15) is 5.75 Å². The summed E-state index contributed by atoms with van der Waals surface area (Å²) < 4.78 is 16.6. The summed E-state index contributed by atoms with van der Waals surface area (Å²) in [6.07, 6.45) is 0.351. The molecule has 2 aromatic rings. The van der Waals surface area contributed by atoms with Gasteiger partial charge in [-0.05, 0) is 55.7 Å². The molecule has 0 saturated heterocycles. The van der Waals surface area contributed by atoms with Crippen molar-refractivity contribution in [1.82, 2.24) is 0 Å². The van der Waals surface area contributed by atoms with Crippen molar-refractivity contribution in [3.8, 4) is 17.2 Å². The molecule has 0 radical (unpaired) electrons. The highest BCUT2D eigenvalue weighted by Gasteiger charge is 2.16. The highest BCUT2D eigenvalue weighted by Crippen LogP contribution is 2.27. The molecule has 0 saturated carbocycles. The molecule has 5 heteroatoms. The zero-order valence-corrected chi connectivity index (χ0v) is 15.8. The smallest absolute Gasteiger partial charge is 0.265 e. The van der Waals surface area contributed by atoms with Crippen LogP contribution >= 0.6 is 0 Å². The third-order valence-electron chi connectivity index (χ3n) is 3.83. The van der Waals surface area contributed by atoms with Crippen LogP contribution in [0.1, 0.15) is 27.2 Å². The number of hydrogen-bond donors (Lipinski definition) is 1. The first kappa shape index (κ1) is 19.6. The van der Waals surface area contributed by atoms with E-state index in [4.69, 9.17) is 14.2 Å². The number of rotatable bonds is 9. The maximum absolute atomic E-state index is 12.3. The first-order valence-corrected chi connectivity index (χ1v) is 8.83. The summed E-state index contributed by atoms with van der Waals surface area (Å²) in [6, 6.07) is 14.6. The van der Waals surface area contributed by atoms with E-state index < -0.39 is 6.10 Å². The van der Waals surface area contributed by atoms with Gasteiger partial charge in [-0.3, -0.25) is 4.79 Å². The highest BCUT2D eigenvalue weighted by atomic mass is 16.5. The van der Waals surface area contributed by atoms with E-state index in [2.05, 4.69) is 19.2 Å². The van der Waals surface area contributed by atoms with Crippen LogP contribution < -0.4 is 19.5 Å². The van der Waals surface area contributed by atoms with Crippen LogP contribution in [0, 0.1) is 5.92 Å². The Hall–Kier alpha value is -2.69. The second kappa shape index (κ2) is 9.70. The average molecular weight is 357 g/mol. The molecule has 1 amide bonds. The lowest BCUT2D eigenvalue weighted by Gasteiger charge is -2.16. The van der Waals surface area contributed by atoms with E-state index in [1.807, 2.05) is 36.4 Å². The maximum atomic E-state index is 12.3. The number of benzene rings is 2. The zero-order valence-electron chi connectivity index (χ0n) is 15.8. The van der Waals surface area contributed by atoms with Crippen LogP contribution in [-0.4, -0.2) is 25.7 Å². The zero-order chi connectivity index (χ0) is 18.9. The van der Waals surface area contributed by atoms with Gasteiger partial charge in [0.25, 0.3) is 5.91 Å². The molecule has 0 spiro atoms. The molecule has 5 nitrogen and oxygen atoms in total. The van der Waals surface area contributed by atoms with E-state index in [1.54, 1.807) is 26.2 Å². The van der Waals surface area contributed by atoms with Gasteiger partial charge in [-0.15, -0.1) is 0 Å². The largest absolute Gasteiger partial charge is 0.494 e. The van der Waals surface area contributed by atoms with Crippen molar-refractivity contribution in [2.45, 2.75) is 33.3 Å². The van der Waals surface area contributed by atoms with Crippen molar-refractivity contribution in [3.63, 3.8) is 0 Å². The van der Waals surface area contributed by atoms with Crippen molar-refractivity contribution in [1.29, 1.82) is 0 Å². The van der Waals surface area contributed by atoms with Gasteiger partial charge in [0.05, 0.1) is 13.7 Å². The summed E-state index contributed by atoms with van der Waals surface area (Å²) in [5, 5.41) is 2.84. The second-order valence-corrected chi connectivity index (χ2v) is 6.46. The average Bonchev–Trinajstić information content (AvgIpc) is 2.63. The number of methoxy groups -OCH3 is 1. The molecule has 1 atom stereocenters. The summed E-state index contributed by atoms with van der Waals surface area (Å²) in [5.74, 6) is 2.30. The molecule has 0 aliphatic rings. The third kappa shape index (κ3) is 5.99. The van der Waals surface area contributed by atoms with Crippen LogP contribution in [0.2, 0.25) is 0 Å². The van der Waals surface area contributed by atoms with Gasteiger partial charge in [-0.25, -0.2) is 0 Å². The minimum atomic E-state index is -0.659. The lowest BCUT2D eigenvalue weighted by atomic mass is 10.1. The van der Waals surface area contributed by atoms with Crippen molar-refractivity contribution in [3.05, 3.63) is 48.5 Å². The minimum absolute atomic E-state index is 0.232. The number of hydrogen-bond acceptors (Lipinski definition) is 4. The van der Waals surface area contributed by atoms with Crippen LogP contribution in [0.4, 0.5) is 5.69 Å². The van der Waals surface area contributed by atoms with Crippen LogP contribution in [0.25, 0.3) is 0 Å². The van der Waals surface area contributed by atoms with Crippen LogP contribution in [0.15, 0.2) is 48.5 Å². The molecule has 0 aromatic heterocycles. The van der Waals surface area contributed by atoms with E-state index in [1.165, 1.54) is 0 Å². The first-order valence-electron chi connectivity index (χ1n) is 8.83. The van der Waals surface area contributed by atoms with Crippen molar-refractivity contribution in [2.24, 2.45) is 5.92 Å². The van der Waals surface area contributed by atoms with Crippen molar-refractivity contribution < 1.29 is 19.0 Å². The van der Waals surface area contributed by atoms with E-state index in [0.717, 1.165) is 12.2 Å². The topological polar surface area (TPSA) is 56.8 Å². The normalized spacial score (nSPS) is 11.7. The molecule has 0 fully saturated rings. The molecule has 0 aliphatic carbocycles. The monoisotopic (exact) mass is 357 g/mol. The standard InChI is InChI=1S/C21H27NO4/c1-15(2)13-14-25-18-11-9-17(10-12-18)22-21(23)16(3)26-20-8-6-5-7-19(20)24-4/h5-12,15-16H,13-14H2,1-4H3,(H,22,23). The van der Waals surface area contributed by atoms with E-state index >= 15 is 0 Å². The molecule has 0 bridgehead atoms. The quantitative estimate of drug-likeness (QED) is 0.716. The number of carbonyl (C=O) groups is 1. The predicted molar refractivity (Wildman–Crippen MR) is 103 cm³/mol. The highest BCUT2D eigenvalue weighted by molar-refractivity contribution is 5.94. The molecule has 26 heavy (non-hydrogen) atoms. The molecular formula is C21H27NO4. The Bertz CT molecular complexity index is 697. The van der Waals surface area contributed by atoms with Crippen LogP contribution in [-0.2, 0) is 4.79 Å². The Kier molecular flexibility index (Phi) is 7.33. The minimum Gasteiger partial charge on any atom is -0.494 e. The molecule has 2 aromatic carbocycles. The SMILES string of the molecule is COc1ccccc1OC(C)C(=O)Nc1ccc(OCCC(C)C)cc1. The predicted octanol–water partition coefficient (Wildman–Crippen LogP) is 4.53. The Morgan fingerprint density at radius 2 is 1.65 bits per heavy atom. The van der Waals surface area contributed by atoms with Gasteiger partial charge in [0.2, 0.25) is 0 Å². The number of para-hydroxylation sites is 2. The number of ether oxygens (including phenoxy) is 3. The summed E-state index contributed by atoms with van der Waals surface area (Å²) in [5.41, 5.74) is 0.696. The lowest BCUT2D eigenvalue weighted by Crippen LogP contribution is -2.30. The number of anilines is 1. The maximum Gasteiger partial charge on any atom is 0.265 e. The van der Waals surface area contributed by atoms with E-state index in [9.17, 15) is 4.79 Å². The fourth-order valence-corrected chi connectivity index (χ4v) is 2.25. The van der Waals surface area contributed by atoms with E-state index in [-0.39, 0.29) is 5.91 Å². The molecule has 0 aliphatic heterocycles. The third-order valence-corrected chi connectivity index (χ3v) is 3.83. The first-order chi connectivity index (χ1) is 12.5. The summed E-state index contributed by atoms with van der Waals surface area (Å²) in [7, 11) is 1.57.